The van der Waals surface area contributed by atoms with E-state index in [0.717, 1.165) is 36.4 Å². The van der Waals surface area contributed by atoms with E-state index in [2.05, 4.69) is 33.3 Å². The Kier molecular flexibility index (Phi) is 6.16. The van der Waals surface area contributed by atoms with E-state index in [1.807, 2.05) is 25.5 Å². The topological polar surface area (TPSA) is 39.1 Å². The minimum Gasteiger partial charge on any atom is -0.377 e. The van der Waals surface area contributed by atoms with Crippen LogP contribution in [0.2, 0.25) is 0 Å². The second-order valence-electron chi connectivity index (χ2n) is 4.26. The lowest BCUT2D eigenvalue weighted by atomic mass is 10.3. The second-order valence-corrected chi connectivity index (χ2v) is 5.05. The molecule has 0 radical (unpaired) electrons. The molecule has 4 nitrogen and oxygen atoms in total. The summed E-state index contributed by atoms with van der Waals surface area (Å²) in [7, 11) is 0. The third kappa shape index (κ3) is 4.41. The molecule has 0 aliphatic carbocycles. The first-order chi connectivity index (χ1) is 8.06. The fraction of sp³-hybridized carbons (Fsp3) is 0.750. The summed E-state index contributed by atoms with van der Waals surface area (Å²) in [5, 5.41) is 7.82. The molecule has 0 saturated carbocycles. The number of nitrogens with zero attached hydrogens (tertiary/aromatic N) is 2. The summed E-state index contributed by atoms with van der Waals surface area (Å²) < 4.78 is 8.61. The Morgan fingerprint density at radius 1 is 1.47 bits per heavy atom. The standard InChI is InChI=1S/C12H22BrN3O/c1-5-16-11(12(13)10(4)15-16)8-14-6-7-17-9(2)3/h9,14H,5-8H2,1-4H3. The van der Waals surface area contributed by atoms with Gasteiger partial charge in [0, 0.05) is 19.6 Å². The molecule has 0 unspecified atom stereocenters. The van der Waals surface area contributed by atoms with Crippen molar-refractivity contribution < 1.29 is 4.74 Å². The zero-order valence-electron chi connectivity index (χ0n) is 11.1. The van der Waals surface area contributed by atoms with E-state index in [9.17, 15) is 0 Å². The lowest BCUT2D eigenvalue weighted by molar-refractivity contribution is 0.0806. The molecule has 1 heterocycles. The van der Waals surface area contributed by atoms with Gasteiger partial charge in [0.15, 0.2) is 0 Å². The Morgan fingerprint density at radius 3 is 2.76 bits per heavy atom. The van der Waals surface area contributed by atoms with Crippen molar-refractivity contribution in [3.05, 3.63) is 15.9 Å². The summed E-state index contributed by atoms with van der Waals surface area (Å²) in [5.41, 5.74) is 2.25. The Labute approximate surface area is 112 Å². The predicted octanol–water partition coefficient (Wildman–Crippen LogP) is 2.49. The highest BCUT2D eigenvalue weighted by Crippen LogP contribution is 2.20. The van der Waals surface area contributed by atoms with E-state index in [0.29, 0.717) is 6.10 Å². The first-order valence-electron chi connectivity index (χ1n) is 6.10. The maximum Gasteiger partial charge on any atom is 0.0739 e. The van der Waals surface area contributed by atoms with Crippen LogP contribution in [0.25, 0.3) is 0 Å². The van der Waals surface area contributed by atoms with Gasteiger partial charge in [-0.05, 0) is 43.6 Å². The Balaban J connectivity index is 2.41. The molecule has 0 spiro atoms. The molecule has 0 amide bonds. The second kappa shape index (κ2) is 7.13. The fourth-order valence-corrected chi connectivity index (χ4v) is 2.04. The van der Waals surface area contributed by atoms with Crippen molar-refractivity contribution >= 4 is 15.9 Å². The van der Waals surface area contributed by atoms with Gasteiger partial charge in [0.2, 0.25) is 0 Å². The summed E-state index contributed by atoms with van der Waals surface area (Å²) in [6.07, 6.45) is 0.298. The maximum absolute atomic E-state index is 5.48. The lowest BCUT2D eigenvalue weighted by Gasteiger charge is -2.09. The van der Waals surface area contributed by atoms with Crippen molar-refractivity contribution in [3.8, 4) is 0 Å². The van der Waals surface area contributed by atoms with Gasteiger partial charge in [-0.25, -0.2) is 0 Å². The Bertz CT molecular complexity index is 350. The third-order valence-corrected chi connectivity index (χ3v) is 3.51. The molecule has 0 saturated heterocycles. The molecule has 98 valence electrons. The minimum absolute atomic E-state index is 0.298. The molecular formula is C12H22BrN3O. The van der Waals surface area contributed by atoms with Crippen molar-refractivity contribution in [1.82, 2.24) is 15.1 Å². The van der Waals surface area contributed by atoms with Crippen molar-refractivity contribution in [2.45, 2.75) is 46.9 Å². The average Bonchev–Trinajstić information content (AvgIpc) is 2.55. The molecule has 1 aromatic rings. The van der Waals surface area contributed by atoms with Crippen LogP contribution >= 0.6 is 15.9 Å². The smallest absolute Gasteiger partial charge is 0.0739 e. The highest BCUT2D eigenvalue weighted by atomic mass is 79.9. The van der Waals surface area contributed by atoms with E-state index < -0.39 is 0 Å². The third-order valence-electron chi connectivity index (χ3n) is 2.48. The van der Waals surface area contributed by atoms with Crippen LogP contribution in [-0.4, -0.2) is 29.0 Å². The van der Waals surface area contributed by atoms with E-state index in [1.54, 1.807) is 0 Å². The maximum atomic E-state index is 5.48. The minimum atomic E-state index is 0.298. The van der Waals surface area contributed by atoms with Crippen molar-refractivity contribution in [3.63, 3.8) is 0 Å². The quantitative estimate of drug-likeness (QED) is 0.787. The van der Waals surface area contributed by atoms with Gasteiger partial charge < -0.3 is 10.1 Å². The summed E-state index contributed by atoms with van der Waals surface area (Å²) in [6.45, 7) is 11.5. The monoisotopic (exact) mass is 303 g/mol. The number of halogens is 1. The van der Waals surface area contributed by atoms with E-state index in [1.165, 1.54) is 5.69 Å². The van der Waals surface area contributed by atoms with Gasteiger partial charge in [-0.3, -0.25) is 4.68 Å². The predicted molar refractivity (Wildman–Crippen MR) is 73.1 cm³/mol. The fourth-order valence-electron chi connectivity index (χ4n) is 1.61. The first kappa shape index (κ1) is 14.7. The van der Waals surface area contributed by atoms with Gasteiger partial charge in [0.25, 0.3) is 0 Å². The van der Waals surface area contributed by atoms with E-state index >= 15 is 0 Å². The molecule has 0 atom stereocenters. The Hall–Kier alpha value is -0.390. The molecule has 0 aliphatic rings. The van der Waals surface area contributed by atoms with Gasteiger partial charge in [-0.15, -0.1) is 0 Å². The van der Waals surface area contributed by atoms with Crippen LogP contribution < -0.4 is 5.32 Å². The van der Waals surface area contributed by atoms with Gasteiger partial charge >= 0.3 is 0 Å². The van der Waals surface area contributed by atoms with Crippen LogP contribution in [-0.2, 0) is 17.8 Å². The lowest BCUT2D eigenvalue weighted by Crippen LogP contribution is -2.22. The first-order valence-corrected chi connectivity index (χ1v) is 6.89. The van der Waals surface area contributed by atoms with Crippen molar-refractivity contribution in [1.29, 1.82) is 0 Å². The molecule has 0 bridgehead atoms. The molecule has 5 heteroatoms. The number of rotatable bonds is 7. The van der Waals surface area contributed by atoms with Crippen LogP contribution in [0.1, 0.15) is 32.2 Å². The van der Waals surface area contributed by atoms with E-state index in [4.69, 9.17) is 4.74 Å². The summed E-state index contributed by atoms with van der Waals surface area (Å²) in [5.74, 6) is 0. The number of nitrogens with one attached hydrogen (secondary N) is 1. The Morgan fingerprint density at radius 2 is 2.18 bits per heavy atom. The van der Waals surface area contributed by atoms with E-state index in [-0.39, 0.29) is 0 Å². The van der Waals surface area contributed by atoms with Crippen molar-refractivity contribution in [2.24, 2.45) is 0 Å². The zero-order valence-corrected chi connectivity index (χ0v) is 12.7. The largest absolute Gasteiger partial charge is 0.377 e. The van der Waals surface area contributed by atoms with Crippen LogP contribution in [0.5, 0.6) is 0 Å². The van der Waals surface area contributed by atoms with Crippen LogP contribution in [0.3, 0.4) is 0 Å². The number of aromatic nitrogens is 2. The molecule has 0 aliphatic heterocycles. The molecule has 1 aromatic heterocycles. The highest BCUT2D eigenvalue weighted by molar-refractivity contribution is 9.10. The number of hydrogen-bond acceptors (Lipinski definition) is 3. The van der Waals surface area contributed by atoms with Crippen LogP contribution in [0, 0.1) is 6.92 Å². The van der Waals surface area contributed by atoms with Crippen molar-refractivity contribution in [2.75, 3.05) is 13.2 Å². The normalized spacial score (nSPS) is 11.4. The molecule has 1 N–H and O–H groups in total. The molecule has 0 aromatic carbocycles. The molecule has 17 heavy (non-hydrogen) atoms. The number of aryl methyl sites for hydroxylation is 2. The van der Waals surface area contributed by atoms with Gasteiger partial charge in [0.1, 0.15) is 0 Å². The summed E-state index contributed by atoms with van der Waals surface area (Å²) in [6, 6.07) is 0. The van der Waals surface area contributed by atoms with Crippen LogP contribution in [0.4, 0.5) is 0 Å². The summed E-state index contributed by atoms with van der Waals surface area (Å²) >= 11 is 3.58. The van der Waals surface area contributed by atoms with Gasteiger partial charge in [-0.1, -0.05) is 0 Å². The van der Waals surface area contributed by atoms with Crippen LogP contribution in [0.15, 0.2) is 4.47 Å². The molecule has 0 fully saturated rings. The van der Waals surface area contributed by atoms with Gasteiger partial charge in [0.05, 0.1) is 28.6 Å². The SMILES string of the molecule is CCn1nc(C)c(Br)c1CNCCOC(C)C. The van der Waals surface area contributed by atoms with Gasteiger partial charge in [-0.2, -0.15) is 5.10 Å². The molecular weight excluding hydrogens is 282 g/mol. The highest BCUT2D eigenvalue weighted by Gasteiger charge is 2.10. The zero-order chi connectivity index (χ0) is 12.8. The number of ether oxygens (including phenoxy) is 1. The average molecular weight is 304 g/mol. The number of hydrogen-bond donors (Lipinski definition) is 1. The molecule has 1 rings (SSSR count). The summed E-state index contributed by atoms with van der Waals surface area (Å²) in [4.78, 5) is 0.